The van der Waals surface area contributed by atoms with E-state index >= 15 is 0 Å². The Morgan fingerprint density at radius 2 is 2.29 bits per heavy atom. The zero-order valence-corrected chi connectivity index (χ0v) is 12.3. The van der Waals surface area contributed by atoms with Gasteiger partial charge in [-0.25, -0.2) is 4.99 Å². The van der Waals surface area contributed by atoms with Gasteiger partial charge < -0.3 is 5.32 Å². The van der Waals surface area contributed by atoms with E-state index in [9.17, 15) is 9.59 Å². The number of carbonyl (C=O) groups excluding carboxylic acids is 2. The number of carbonyl (C=O) groups is 2. The Morgan fingerprint density at radius 3 is 3.00 bits per heavy atom. The van der Waals surface area contributed by atoms with E-state index in [1.54, 1.807) is 18.2 Å². The fraction of sp³-hybridized carbons (Fsp3) is 0.188. The van der Waals surface area contributed by atoms with Gasteiger partial charge in [0.2, 0.25) is 5.91 Å². The van der Waals surface area contributed by atoms with Crippen LogP contribution in [0.5, 0.6) is 0 Å². The molecule has 5 heteroatoms. The maximum absolute atomic E-state index is 12.0. The van der Waals surface area contributed by atoms with Gasteiger partial charge in [0, 0.05) is 17.7 Å². The minimum Gasteiger partial charge on any atom is -0.325 e. The number of allylic oxidation sites excluding steroid dienone is 3. The molecule has 1 aliphatic heterocycles. The van der Waals surface area contributed by atoms with E-state index in [-0.39, 0.29) is 17.7 Å². The Kier molecular flexibility index (Phi) is 3.66. The number of thiophene rings is 1. The summed E-state index contributed by atoms with van der Waals surface area (Å²) in [6.45, 7) is 2.03. The molecule has 0 saturated heterocycles. The Balaban J connectivity index is 1.88. The summed E-state index contributed by atoms with van der Waals surface area (Å²) < 4.78 is 0. The number of amides is 2. The highest BCUT2D eigenvalue weighted by atomic mass is 32.1. The van der Waals surface area contributed by atoms with Crippen molar-refractivity contribution in [2.24, 2.45) is 10.9 Å². The molecule has 0 saturated carbocycles. The molecule has 0 aromatic carbocycles. The Morgan fingerprint density at radius 1 is 1.43 bits per heavy atom. The van der Waals surface area contributed by atoms with Crippen LogP contribution in [-0.2, 0) is 4.79 Å². The van der Waals surface area contributed by atoms with Crippen LogP contribution in [0.25, 0.3) is 0 Å². The smallest absolute Gasteiger partial charge is 0.287 e. The van der Waals surface area contributed by atoms with E-state index in [1.807, 2.05) is 30.5 Å². The molecule has 0 bridgehead atoms. The molecule has 3 rings (SSSR count). The summed E-state index contributed by atoms with van der Waals surface area (Å²) in [5, 5.41) is 4.67. The van der Waals surface area contributed by atoms with Crippen LogP contribution in [0.3, 0.4) is 0 Å². The molecule has 1 aliphatic carbocycles. The van der Waals surface area contributed by atoms with Gasteiger partial charge in [0.1, 0.15) is 0 Å². The summed E-state index contributed by atoms with van der Waals surface area (Å²) in [6.07, 6.45) is 8.05. The quantitative estimate of drug-likeness (QED) is 0.912. The Hall–Kier alpha value is -2.27. The summed E-state index contributed by atoms with van der Waals surface area (Å²) in [7, 11) is 0. The van der Waals surface area contributed by atoms with Crippen LogP contribution in [0.15, 0.2) is 58.1 Å². The standard InChI is InChI=1S/C16H14N2O2S/c1-2-10-8-15(19)18-13-9-11(5-6-12(10)13)17-16(20)14-4-3-7-21-14/h3-9,12H,2H2,1H3,(H,18,19). The zero-order chi connectivity index (χ0) is 14.8. The van der Waals surface area contributed by atoms with Gasteiger partial charge in [0.05, 0.1) is 10.6 Å². The first-order valence-electron chi connectivity index (χ1n) is 6.75. The van der Waals surface area contributed by atoms with E-state index in [4.69, 9.17) is 0 Å². The largest absolute Gasteiger partial charge is 0.325 e. The molecular formula is C16H14N2O2S. The minimum atomic E-state index is -0.256. The van der Waals surface area contributed by atoms with Crippen LogP contribution in [0.4, 0.5) is 0 Å². The third kappa shape index (κ3) is 2.78. The lowest BCUT2D eigenvalue weighted by Gasteiger charge is -2.26. The van der Waals surface area contributed by atoms with Crippen molar-refractivity contribution < 1.29 is 9.59 Å². The summed E-state index contributed by atoms with van der Waals surface area (Å²) in [5.74, 6) is -0.287. The number of nitrogens with one attached hydrogen (secondary N) is 1. The van der Waals surface area contributed by atoms with Gasteiger partial charge >= 0.3 is 0 Å². The van der Waals surface area contributed by atoms with Crippen LogP contribution in [0.2, 0.25) is 0 Å². The lowest BCUT2D eigenvalue weighted by Crippen LogP contribution is -2.33. The fourth-order valence-corrected chi connectivity index (χ4v) is 3.04. The van der Waals surface area contributed by atoms with Gasteiger partial charge in [-0.15, -0.1) is 11.3 Å². The molecule has 1 aromatic heterocycles. The second-order valence-corrected chi connectivity index (χ2v) is 5.77. The Bertz CT molecular complexity index is 709. The van der Waals surface area contributed by atoms with Crippen molar-refractivity contribution in [1.29, 1.82) is 0 Å². The molecule has 2 amide bonds. The maximum Gasteiger partial charge on any atom is 0.287 e. The van der Waals surface area contributed by atoms with Crippen LogP contribution in [0, 0.1) is 5.92 Å². The summed E-state index contributed by atoms with van der Waals surface area (Å²) >= 11 is 1.37. The Labute approximate surface area is 126 Å². The number of fused-ring (bicyclic) bond motifs is 1. The molecule has 4 nitrogen and oxygen atoms in total. The third-order valence-electron chi connectivity index (χ3n) is 3.45. The van der Waals surface area contributed by atoms with Crippen LogP contribution in [-0.4, -0.2) is 17.5 Å². The summed E-state index contributed by atoms with van der Waals surface area (Å²) in [4.78, 5) is 28.3. The number of hydrogen-bond acceptors (Lipinski definition) is 3. The first-order valence-corrected chi connectivity index (χ1v) is 7.63. The molecule has 2 heterocycles. The third-order valence-corrected chi connectivity index (χ3v) is 4.31. The van der Waals surface area contributed by atoms with E-state index in [0.29, 0.717) is 10.6 Å². The van der Waals surface area contributed by atoms with Gasteiger partial charge in [-0.1, -0.05) is 24.6 Å². The molecule has 1 aromatic rings. The van der Waals surface area contributed by atoms with E-state index < -0.39 is 0 Å². The van der Waals surface area contributed by atoms with Crippen LogP contribution in [0.1, 0.15) is 23.0 Å². The molecule has 0 fully saturated rings. The highest BCUT2D eigenvalue weighted by Crippen LogP contribution is 2.28. The first-order chi connectivity index (χ1) is 10.2. The second-order valence-electron chi connectivity index (χ2n) is 4.82. The fourth-order valence-electron chi connectivity index (χ4n) is 2.43. The summed E-state index contributed by atoms with van der Waals surface area (Å²) in [5.41, 5.74) is 2.43. The maximum atomic E-state index is 12.0. The first kappa shape index (κ1) is 13.7. The second kappa shape index (κ2) is 5.61. The van der Waals surface area contributed by atoms with E-state index in [0.717, 1.165) is 17.7 Å². The summed E-state index contributed by atoms with van der Waals surface area (Å²) in [6, 6.07) is 3.57. The normalized spacial score (nSPS) is 22.4. The zero-order valence-electron chi connectivity index (χ0n) is 11.5. The van der Waals surface area contributed by atoms with Gasteiger partial charge in [0.25, 0.3) is 5.91 Å². The van der Waals surface area contributed by atoms with E-state index in [2.05, 4.69) is 10.3 Å². The van der Waals surface area contributed by atoms with Gasteiger partial charge in [-0.3, -0.25) is 9.59 Å². The van der Waals surface area contributed by atoms with Gasteiger partial charge in [-0.05, 0) is 30.0 Å². The van der Waals surface area contributed by atoms with Crippen molar-refractivity contribution in [1.82, 2.24) is 5.32 Å². The number of hydrogen-bond donors (Lipinski definition) is 1. The molecule has 21 heavy (non-hydrogen) atoms. The van der Waals surface area contributed by atoms with Crippen LogP contribution >= 0.6 is 11.3 Å². The van der Waals surface area contributed by atoms with Crippen molar-refractivity contribution in [2.75, 3.05) is 0 Å². The number of aliphatic imine (C=N–C) groups is 1. The van der Waals surface area contributed by atoms with Crippen molar-refractivity contribution in [2.45, 2.75) is 13.3 Å². The van der Waals surface area contributed by atoms with Crippen molar-refractivity contribution in [3.05, 3.63) is 58.0 Å². The van der Waals surface area contributed by atoms with Crippen molar-refractivity contribution >= 4 is 28.9 Å². The van der Waals surface area contributed by atoms with Crippen molar-refractivity contribution in [3.63, 3.8) is 0 Å². The number of rotatable bonds is 2. The lowest BCUT2D eigenvalue weighted by atomic mass is 9.86. The van der Waals surface area contributed by atoms with Crippen LogP contribution < -0.4 is 5.32 Å². The molecule has 1 atom stereocenters. The molecule has 1 unspecified atom stereocenters. The monoisotopic (exact) mass is 298 g/mol. The number of nitrogens with zero attached hydrogens (tertiary/aromatic N) is 1. The molecule has 2 aliphatic rings. The predicted octanol–water partition coefficient (Wildman–Crippen LogP) is 2.87. The lowest BCUT2D eigenvalue weighted by molar-refractivity contribution is -0.116. The topological polar surface area (TPSA) is 58.5 Å². The average molecular weight is 298 g/mol. The SMILES string of the molecule is CCC1=CC(=O)NC2=CC(=NC(=O)c3cccs3)C=CC12. The molecule has 1 N–H and O–H groups in total. The van der Waals surface area contributed by atoms with Gasteiger partial charge in [0.15, 0.2) is 0 Å². The van der Waals surface area contributed by atoms with Crippen molar-refractivity contribution in [3.8, 4) is 0 Å². The van der Waals surface area contributed by atoms with Gasteiger partial charge in [-0.2, -0.15) is 0 Å². The average Bonchev–Trinajstić information content (AvgIpc) is 3.00. The molecular weight excluding hydrogens is 284 g/mol. The predicted molar refractivity (Wildman–Crippen MR) is 83.3 cm³/mol. The van der Waals surface area contributed by atoms with E-state index in [1.165, 1.54) is 11.3 Å². The molecule has 106 valence electrons. The molecule has 0 radical (unpaired) electrons. The molecule has 0 spiro atoms. The minimum absolute atomic E-state index is 0.0866. The highest BCUT2D eigenvalue weighted by molar-refractivity contribution is 7.12. The highest BCUT2D eigenvalue weighted by Gasteiger charge is 2.25.